The summed E-state index contributed by atoms with van der Waals surface area (Å²) in [6.07, 6.45) is 2.26. The highest BCUT2D eigenvalue weighted by molar-refractivity contribution is 7.12. The van der Waals surface area contributed by atoms with Gasteiger partial charge >= 0.3 is 0 Å². The highest BCUT2D eigenvalue weighted by Crippen LogP contribution is 2.24. The second-order valence-corrected chi connectivity index (χ2v) is 4.96. The lowest BCUT2D eigenvalue weighted by Gasteiger charge is -1.98. The van der Waals surface area contributed by atoms with Crippen LogP contribution in [-0.2, 0) is 0 Å². The van der Waals surface area contributed by atoms with Crippen molar-refractivity contribution in [1.29, 1.82) is 0 Å². The van der Waals surface area contributed by atoms with Crippen LogP contribution in [0, 0.1) is 19.8 Å². The molecule has 0 aliphatic heterocycles. The van der Waals surface area contributed by atoms with Crippen molar-refractivity contribution in [2.45, 2.75) is 34.6 Å². The number of allylic oxidation sites excluding steroid dienone is 2. The quantitative estimate of drug-likeness (QED) is 0.699. The number of thiazole rings is 1. The van der Waals surface area contributed by atoms with Gasteiger partial charge in [-0.2, -0.15) is 0 Å². The fraction of sp³-hybridized carbons (Fsp3) is 0.545. The summed E-state index contributed by atoms with van der Waals surface area (Å²) in [7, 11) is 0. The average Bonchev–Trinajstić information content (AvgIpc) is 2.31. The van der Waals surface area contributed by atoms with E-state index in [1.54, 1.807) is 11.3 Å². The normalized spacial score (nSPS) is 12.6. The van der Waals surface area contributed by atoms with E-state index in [0.29, 0.717) is 5.92 Å². The molecule has 0 radical (unpaired) electrons. The van der Waals surface area contributed by atoms with E-state index in [9.17, 15) is 0 Å². The third kappa shape index (κ3) is 2.66. The molecule has 0 saturated carbocycles. The van der Waals surface area contributed by atoms with E-state index in [1.807, 2.05) is 0 Å². The van der Waals surface area contributed by atoms with Crippen LogP contribution in [-0.4, -0.2) is 4.98 Å². The van der Waals surface area contributed by atoms with Crippen LogP contribution in [0.15, 0.2) is 6.08 Å². The minimum Gasteiger partial charge on any atom is -0.242 e. The first-order valence-corrected chi connectivity index (χ1v) is 5.45. The van der Waals surface area contributed by atoms with E-state index in [2.05, 4.69) is 45.7 Å². The van der Waals surface area contributed by atoms with E-state index < -0.39 is 0 Å². The number of rotatable bonds is 2. The van der Waals surface area contributed by atoms with Crippen molar-refractivity contribution in [1.82, 2.24) is 4.98 Å². The number of aromatic nitrogens is 1. The molecule has 0 fully saturated rings. The molecule has 0 unspecified atom stereocenters. The number of hydrogen-bond donors (Lipinski definition) is 0. The topological polar surface area (TPSA) is 12.9 Å². The minimum atomic E-state index is 0.601. The van der Waals surface area contributed by atoms with Crippen LogP contribution >= 0.6 is 11.3 Å². The zero-order chi connectivity index (χ0) is 10.0. The van der Waals surface area contributed by atoms with Crippen LogP contribution < -0.4 is 0 Å². The van der Waals surface area contributed by atoms with Gasteiger partial charge in [0.1, 0.15) is 5.01 Å². The van der Waals surface area contributed by atoms with Gasteiger partial charge in [-0.25, -0.2) is 4.98 Å². The largest absolute Gasteiger partial charge is 0.242 e. The second-order valence-electron chi connectivity index (χ2n) is 3.75. The lowest BCUT2D eigenvalue weighted by atomic mass is 10.1. The molecule has 1 nitrogen and oxygen atoms in total. The van der Waals surface area contributed by atoms with Crippen molar-refractivity contribution in [3.8, 4) is 0 Å². The summed E-state index contributed by atoms with van der Waals surface area (Å²) < 4.78 is 0. The van der Waals surface area contributed by atoms with Crippen molar-refractivity contribution < 1.29 is 0 Å². The van der Waals surface area contributed by atoms with Gasteiger partial charge in [-0.15, -0.1) is 11.3 Å². The molecule has 0 bridgehead atoms. The Kier molecular flexibility index (Phi) is 3.26. The highest BCUT2D eigenvalue weighted by atomic mass is 32.1. The summed E-state index contributed by atoms with van der Waals surface area (Å²) in [4.78, 5) is 5.84. The van der Waals surface area contributed by atoms with Crippen LogP contribution in [0.3, 0.4) is 0 Å². The Bertz CT molecular complexity index is 301. The molecule has 1 aromatic rings. The van der Waals surface area contributed by atoms with Crippen molar-refractivity contribution in [2.75, 3.05) is 0 Å². The highest BCUT2D eigenvalue weighted by Gasteiger charge is 2.04. The van der Waals surface area contributed by atoms with Gasteiger partial charge in [-0.1, -0.05) is 19.9 Å². The van der Waals surface area contributed by atoms with Gasteiger partial charge in [-0.05, 0) is 32.3 Å². The molecule has 1 rings (SSSR count). The molecule has 0 atom stereocenters. The zero-order valence-electron chi connectivity index (χ0n) is 9.01. The van der Waals surface area contributed by atoms with Gasteiger partial charge in [0.2, 0.25) is 0 Å². The van der Waals surface area contributed by atoms with Crippen molar-refractivity contribution in [3.63, 3.8) is 0 Å². The third-order valence-corrected chi connectivity index (χ3v) is 3.16. The van der Waals surface area contributed by atoms with E-state index in [4.69, 9.17) is 0 Å². The monoisotopic (exact) mass is 195 g/mol. The second kappa shape index (κ2) is 4.05. The molecular formula is C11H17NS. The average molecular weight is 195 g/mol. The lowest BCUT2D eigenvalue weighted by Crippen LogP contribution is -1.83. The Labute approximate surface area is 84.5 Å². The van der Waals surface area contributed by atoms with Crippen molar-refractivity contribution in [2.24, 2.45) is 5.92 Å². The molecule has 1 aromatic heterocycles. The molecule has 0 aliphatic rings. The molecule has 0 aliphatic carbocycles. The molecule has 0 N–H and O–H groups in total. The molecule has 2 heteroatoms. The zero-order valence-corrected chi connectivity index (χ0v) is 9.83. The maximum absolute atomic E-state index is 4.51. The summed E-state index contributed by atoms with van der Waals surface area (Å²) in [5, 5.41) is 1.17. The Morgan fingerprint density at radius 1 is 1.38 bits per heavy atom. The summed E-state index contributed by atoms with van der Waals surface area (Å²) in [6, 6.07) is 0. The SMILES string of the molecule is C/C(=C\C(C)C)c1nc(C)c(C)s1. The van der Waals surface area contributed by atoms with Gasteiger partial charge in [0, 0.05) is 4.88 Å². The summed E-state index contributed by atoms with van der Waals surface area (Å²) >= 11 is 1.79. The first-order chi connectivity index (χ1) is 6.00. The van der Waals surface area contributed by atoms with Gasteiger partial charge < -0.3 is 0 Å². The maximum atomic E-state index is 4.51. The summed E-state index contributed by atoms with van der Waals surface area (Å²) in [5.41, 5.74) is 2.47. The lowest BCUT2D eigenvalue weighted by molar-refractivity contribution is 0.832. The van der Waals surface area contributed by atoms with Gasteiger partial charge in [-0.3, -0.25) is 0 Å². The molecule has 0 saturated heterocycles. The van der Waals surface area contributed by atoms with Crippen molar-refractivity contribution in [3.05, 3.63) is 21.7 Å². The van der Waals surface area contributed by atoms with E-state index in [0.717, 1.165) is 5.69 Å². The molecular weight excluding hydrogens is 178 g/mol. The predicted molar refractivity (Wildman–Crippen MR) is 60.1 cm³/mol. The summed E-state index contributed by atoms with van der Waals surface area (Å²) in [5.74, 6) is 0.601. The van der Waals surface area contributed by atoms with Crippen LogP contribution in [0.2, 0.25) is 0 Å². The number of aryl methyl sites for hydroxylation is 2. The molecule has 1 heterocycles. The van der Waals surface area contributed by atoms with Gasteiger partial charge in [0.15, 0.2) is 0 Å². The first-order valence-electron chi connectivity index (χ1n) is 4.63. The fourth-order valence-electron chi connectivity index (χ4n) is 1.21. The molecule has 0 aromatic carbocycles. The molecule has 0 amide bonds. The van der Waals surface area contributed by atoms with Crippen LogP contribution in [0.4, 0.5) is 0 Å². The Morgan fingerprint density at radius 3 is 2.38 bits per heavy atom. The molecule has 13 heavy (non-hydrogen) atoms. The van der Waals surface area contributed by atoms with Crippen LogP contribution in [0.25, 0.3) is 5.57 Å². The standard InChI is InChI=1S/C11H17NS/c1-7(2)6-8(3)11-12-9(4)10(5)13-11/h6-7H,1-5H3/b8-6+. The van der Waals surface area contributed by atoms with E-state index >= 15 is 0 Å². The van der Waals surface area contributed by atoms with Gasteiger partial charge in [0.05, 0.1) is 5.69 Å². The van der Waals surface area contributed by atoms with E-state index in [1.165, 1.54) is 15.5 Å². The van der Waals surface area contributed by atoms with E-state index in [-0.39, 0.29) is 0 Å². The fourth-order valence-corrected chi connectivity index (χ4v) is 2.11. The third-order valence-electron chi connectivity index (χ3n) is 1.95. The Balaban J connectivity index is 2.95. The maximum Gasteiger partial charge on any atom is 0.119 e. The Morgan fingerprint density at radius 2 is 2.00 bits per heavy atom. The van der Waals surface area contributed by atoms with Gasteiger partial charge in [0.25, 0.3) is 0 Å². The first kappa shape index (κ1) is 10.5. The van der Waals surface area contributed by atoms with Crippen LogP contribution in [0.1, 0.15) is 36.3 Å². The minimum absolute atomic E-state index is 0.601. The Hall–Kier alpha value is -0.630. The predicted octanol–water partition coefficient (Wildman–Crippen LogP) is 3.82. The van der Waals surface area contributed by atoms with Crippen LogP contribution in [0.5, 0.6) is 0 Å². The van der Waals surface area contributed by atoms with Crippen molar-refractivity contribution >= 4 is 16.9 Å². The molecule has 72 valence electrons. The smallest absolute Gasteiger partial charge is 0.119 e. The number of hydrogen-bond acceptors (Lipinski definition) is 2. The summed E-state index contributed by atoms with van der Waals surface area (Å²) in [6.45, 7) is 10.7. The number of nitrogens with zero attached hydrogens (tertiary/aromatic N) is 1. The molecule has 0 spiro atoms.